The number of carbonyl (C=O) groups is 2. The average Bonchev–Trinajstić information content (AvgIpc) is 3.07. The van der Waals surface area contributed by atoms with Gasteiger partial charge in [-0.25, -0.2) is 0 Å². The zero-order chi connectivity index (χ0) is 23.3. The van der Waals surface area contributed by atoms with Gasteiger partial charge < -0.3 is 29.0 Å². The lowest BCUT2D eigenvalue weighted by Gasteiger charge is -2.25. The highest BCUT2D eigenvalue weighted by molar-refractivity contribution is 6.46. The van der Waals surface area contributed by atoms with Crippen molar-refractivity contribution in [2.45, 2.75) is 13.0 Å². The van der Waals surface area contributed by atoms with Gasteiger partial charge in [-0.2, -0.15) is 0 Å². The van der Waals surface area contributed by atoms with Crippen molar-refractivity contribution in [3.05, 3.63) is 59.2 Å². The first kappa shape index (κ1) is 23.1. The molecular weight excluding hydrogens is 414 g/mol. The minimum atomic E-state index is -0.810. The number of benzene rings is 2. The molecule has 32 heavy (non-hydrogen) atoms. The highest BCUT2D eigenvalue weighted by Gasteiger charge is 2.46. The summed E-state index contributed by atoms with van der Waals surface area (Å²) in [5.41, 5.74) is 0.815. The molecular formula is C24H27NO7. The molecule has 1 saturated heterocycles. The van der Waals surface area contributed by atoms with Crippen molar-refractivity contribution in [1.29, 1.82) is 0 Å². The van der Waals surface area contributed by atoms with Crippen molar-refractivity contribution in [1.82, 2.24) is 4.90 Å². The van der Waals surface area contributed by atoms with Crippen LogP contribution >= 0.6 is 0 Å². The number of carbonyl (C=O) groups excluding carboxylic acids is 2. The third-order valence-electron chi connectivity index (χ3n) is 5.25. The van der Waals surface area contributed by atoms with Crippen LogP contribution in [-0.4, -0.2) is 62.8 Å². The fraction of sp³-hybridized carbons (Fsp3) is 0.333. The van der Waals surface area contributed by atoms with E-state index >= 15 is 0 Å². The first-order valence-electron chi connectivity index (χ1n) is 10.2. The predicted molar refractivity (Wildman–Crippen MR) is 118 cm³/mol. The van der Waals surface area contributed by atoms with E-state index in [9.17, 15) is 14.7 Å². The molecule has 0 aromatic heterocycles. The highest BCUT2D eigenvalue weighted by atomic mass is 16.5. The maximum atomic E-state index is 13.1. The van der Waals surface area contributed by atoms with Gasteiger partial charge in [0, 0.05) is 13.7 Å². The SMILES string of the molecule is CCOc1ccc(C2/C(=C(\O)c3c(OC)cccc3OC)C(=O)C(=O)N2CCOC)cc1. The summed E-state index contributed by atoms with van der Waals surface area (Å²) in [5.74, 6) is -0.569. The second-order valence-electron chi connectivity index (χ2n) is 7.02. The van der Waals surface area contributed by atoms with Gasteiger partial charge in [0.25, 0.3) is 11.7 Å². The van der Waals surface area contributed by atoms with Crippen LogP contribution in [0.1, 0.15) is 24.1 Å². The minimum Gasteiger partial charge on any atom is -0.506 e. The van der Waals surface area contributed by atoms with Crippen LogP contribution in [0.5, 0.6) is 17.2 Å². The summed E-state index contributed by atoms with van der Waals surface area (Å²) in [6.45, 7) is 2.81. The molecule has 2 aromatic rings. The zero-order valence-corrected chi connectivity index (χ0v) is 18.6. The lowest BCUT2D eigenvalue weighted by molar-refractivity contribution is -0.140. The third-order valence-corrected chi connectivity index (χ3v) is 5.25. The summed E-state index contributed by atoms with van der Waals surface area (Å²) in [6.07, 6.45) is 0. The number of nitrogens with zero attached hydrogens (tertiary/aromatic N) is 1. The van der Waals surface area contributed by atoms with E-state index < -0.39 is 17.7 Å². The van der Waals surface area contributed by atoms with Crippen molar-refractivity contribution in [2.75, 3.05) is 41.1 Å². The minimum absolute atomic E-state index is 0.0435. The molecule has 0 aliphatic carbocycles. The maximum Gasteiger partial charge on any atom is 0.295 e. The molecule has 1 heterocycles. The number of aliphatic hydroxyl groups is 1. The van der Waals surface area contributed by atoms with E-state index in [4.69, 9.17) is 18.9 Å². The molecule has 0 bridgehead atoms. The highest BCUT2D eigenvalue weighted by Crippen LogP contribution is 2.43. The quantitative estimate of drug-likeness (QED) is 0.363. The Balaban J connectivity index is 2.21. The molecule has 1 aliphatic rings. The number of likely N-dealkylation sites (tertiary alicyclic amines) is 1. The molecule has 170 valence electrons. The standard InChI is InChI=1S/C24H27NO7/c1-5-32-16-11-9-15(10-12-16)21-20(23(27)24(28)25(21)13-14-29-2)22(26)19-17(30-3)7-6-8-18(19)31-4/h6-12,21,26H,5,13-14H2,1-4H3/b22-20+. The molecule has 0 radical (unpaired) electrons. The number of Topliss-reactive ketones (excluding diaryl/α,β-unsaturated/α-hetero) is 1. The summed E-state index contributed by atoms with van der Waals surface area (Å²) < 4.78 is 21.4. The normalized spacial score (nSPS) is 17.5. The number of amides is 1. The average molecular weight is 441 g/mol. The molecule has 8 heteroatoms. The van der Waals surface area contributed by atoms with Crippen LogP contribution in [0.25, 0.3) is 5.76 Å². The van der Waals surface area contributed by atoms with E-state index in [-0.39, 0.29) is 30.0 Å². The lowest BCUT2D eigenvalue weighted by atomic mass is 9.94. The van der Waals surface area contributed by atoms with Crippen LogP contribution in [0.3, 0.4) is 0 Å². The molecule has 1 atom stereocenters. The van der Waals surface area contributed by atoms with Gasteiger partial charge in [0.1, 0.15) is 28.6 Å². The van der Waals surface area contributed by atoms with Gasteiger partial charge in [0.15, 0.2) is 0 Å². The zero-order valence-electron chi connectivity index (χ0n) is 18.6. The summed E-state index contributed by atoms with van der Waals surface area (Å²) in [5, 5.41) is 11.3. The van der Waals surface area contributed by atoms with E-state index in [0.29, 0.717) is 29.4 Å². The van der Waals surface area contributed by atoms with E-state index in [1.165, 1.54) is 26.2 Å². The summed E-state index contributed by atoms with van der Waals surface area (Å²) in [4.78, 5) is 27.4. The number of ketones is 1. The van der Waals surface area contributed by atoms with Gasteiger partial charge in [-0.3, -0.25) is 9.59 Å². The Morgan fingerprint density at radius 1 is 1.00 bits per heavy atom. The van der Waals surface area contributed by atoms with Gasteiger partial charge in [0.05, 0.1) is 39.0 Å². The van der Waals surface area contributed by atoms with Crippen LogP contribution in [0, 0.1) is 0 Å². The summed E-state index contributed by atoms with van der Waals surface area (Å²) in [7, 11) is 4.42. The van der Waals surface area contributed by atoms with Gasteiger partial charge in [-0.05, 0) is 36.8 Å². The van der Waals surface area contributed by atoms with Crippen molar-refractivity contribution < 1.29 is 33.6 Å². The van der Waals surface area contributed by atoms with Gasteiger partial charge in [-0.15, -0.1) is 0 Å². The molecule has 8 nitrogen and oxygen atoms in total. The Kier molecular flexibility index (Phi) is 7.37. The van der Waals surface area contributed by atoms with Crippen molar-refractivity contribution >= 4 is 17.4 Å². The Morgan fingerprint density at radius 2 is 1.62 bits per heavy atom. The fourth-order valence-corrected chi connectivity index (χ4v) is 3.78. The number of ether oxygens (including phenoxy) is 4. The maximum absolute atomic E-state index is 13.1. The number of hydrogen-bond donors (Lipinski definition) is 1. The molecule has 1 N–H and O–H groups in total. The lowest BCUT2D eigenvalue weighted by Crippen LogP contribution is -2.32. The molecule has 2 aromatic carbocycles. The third kappa shape index (κ3) is 4.27. The van der Waals surface area contributed by atoms with Gasteiger partial charge in [-0.1, -0.05) is 18.2 Å². The first-order chi connectivity index (χ1) is 15.5. The van der Waals surface area contributed by atoms with E-state index in [1.807, 2.05) is 6.92 Å². The Morgan fingerprint density at radius 3 is 2.16 bits per heavy atom. The van der Waals surface area contributed by atoms with E-state index in [0.717, 1.165) is 0 Å². The van der Waals surface area contributed by atoms with Gasteiger partial charge >= 0.3 is 0 Å². The van der Waals surface area contributed by atoms with Crippen LogP contribution in [0.4, 0.5) is 0 Å². The first-order valence-corrected chi connectivity index (χ1v) is 10.2. The Hall–Kier alpha value is -3.52. The monoisotopic (exact) mass is 441 g/mol. The Bertz CT molecular complexity index is 991. The second kappa shape index (κ2) is 10.2. The molecule has 1 amide bonds. The van der Waals surface area contributed by atoms with Crippen molar-refractivity contribution in [3.63, 3.8) is 0 Å². The van der Waals surface area contributed by atoms with Crippen LogP contribution in [0.15, 0.2) is 48.0 Å². The second-order valence-corrected chi connectivity index (χ2v) is 7.02. The predicted octanol–water partition coefficient (Wildman–Crippen LogP) is 3.17. The summed E-state index contributed by atoms with van der Waals surface area (Å²) >= 11 is 0. The van der Waals surface area contributed by atoms with Crippen LogP contribution < -0.4 is 14.2 Å². The number of rotatable bonds is 9. The largest absolute Gasteiger partial charge is 0.506 e. The fourth-order valence-electron chi connectivity index (χ4n) is 3.78. The molecule has 0 saturated carbocycles. The molecule has 1 aliphatic heterocycles. The van der Waals surface area contributed by atoms with Gasteiger partial charge in [0.2, 0.25) is 0 Å². The number of hydrogen-bond acceptors (Lipinski definition) is 7. The topological polar surface area (TPSA) is 94.5 Å². The smallest absolute Gasteiger partial charge is 0.295 e. The summed E-state index contributed by atoms with van der Waals surface area (Å²) in [6, 6.07) is 11.3. The van der Waals surface area contributed by atoms with E-state index in [1.54, 1.807) is 42.5 Å². The van der Waals surface area contributed by atoms with Crippen LogP contribution in [0.2, 0.25) is 0 Å². The van der Waals surface area contributed by atoms with Crippen molar-refractivity contribution in [2.24, 2.45) is 0 Å². The number of aliphatic hydroxyl groups excluding tert-OH is 1. The van der Waals surface area contributed by atoms with Crippen molar-refractivity contribution in [3.8, 4) is 17.2 Å². The Labute approximate surface area is 187 Å². The molecule has 1 fully saturated rings. The molecule has 0 spiro atoms. The van der Waals surface area contributed by atoms with Crippen LogP contribution in [-0.2, 0) is 14.3 Å². The molecule has 1 unspecified atom stereocenters. The van der Waals surface area contributed by atoms with E-state index in [2.05, 4.69) is 0 Å². The molecule has 3 rings (SSSR count). The number of methoxy groups -OCH3 is 3.